The number of rotatable bonds is 4. The molecule has 4 nitrogen and oxygen atoms in total. The highest BCUT2D eigenvalue weighted by molar-refractivity contribution is 14.1. The van der Waals surface area contributed by atoms with Crippen LogP contribution in [0.2, 0.25) is 0 Å². The molecule has 1 amide bonds. The summed E-state index contributed by atoms with van der Waals surface area (Å²) in [4.78, 5) is 14.4. The SMILES string of the molecule is COCCCN1C(=O)C(C)(C)OC2=C1C=C(I)C(C)C2. The van der Waals surface area contributed by atoms with Crippen molar-refractivity contribution in [2.24, 2.45) is 5.92 Å². The zero-order chi connectivity index (χ0) is 14.9. The van der Waals surface area contributed by atoms with Crippen LogP contribution in [0.15, 0.2) is 21.1 Å². The lowest BCUT2D eigenvalue weighted by Gasteiger charge is -2.42. The first kappa shape index (κ1) is 15.8. The van der Waals surface area contributed by atoms with Crippen LogP contribution in [0.5, 0.6) is 0 Å². The Morgan fingerprint density at radius 2 is 2.25 bits per heavy atom. The molecule has 0 aromatic heterocycles. The minimum atomic E-state index is -0.776. The van der Waals surface area contributed by atoms with Gasteiger partial charge in [0.2, 0.25) is 0 Å². The molecule has 0 fully saturated rings. The van der Waals surface area contributed by atoms with Crippen LogP contribution in [0.1, 0.15) is 33.6 Å². The summed E-state index contributed by atoms with van der Waals surface area (Å²) in [5.41, 5.74) is 0.162. The molecule has 2 rings (SSSR count). The topological polar surface area (TPSA) is 38.8 Å². The number of methoxy groups -OCH3 is 1. The quantitative estimate of drug-likeness (QED) is 0.546. The van der Waals surface area contributed by atoms with Gasteiger partial charge in [0.15, 0.2) is 5.60 Å². The van der Waals surface area contributed by atoms with Crippen molar-refractivity contribution in [1.29, 1.82) is 0 Å². The molecule has 112 valence electrons. The largest absolute Gasteiger partial charge is 0.480 e. The molecule has 0 aromatic rings. The molecule has 0 saturated carbocycles. The Labute approximate surface area is 134 Å². The normalized spacial score (nSPS) is 25.2. The van der Waals surface area contributed by atoms with Gasteiger partial charge in [-0.3, -0.25) is 4.79 Å². The van der Waals surface area contributed by atoms with Crippen molar-refractivity contribution in [3.05, 3.63) is 21.1 Å². The predicted molar refractivity (Wildman–Crippen MR) is 86.3 cm³/mol. The highest BCUT2D eigenvalue weighted by atomic mass is 127. The number of halogens is 1. The Kier molecular flexibility index (Phi) is 4.79. The van der Waals surface area contributed by atoms with Crippen LogP contribution in [0, 0.1) is 5.92 Å². The van der Waals surface area contributed by atoms with Gasteiger partial charge in [0.05, 0.1) is 5.70 Å². The summed E-state index contributed by atoms with van der Waals surface area (Å²) in [6, 6.07) is 0. The Morgan fingerprint density at radius 3 is 2.90 bits per heavy atom. The van der Waals surface area contributed by atoms with E-state index in [4.69, 9.17) is 9.47 Å². The second-order valence-corrected chi connectivity index (χ2v) is 7.10. The minimum Gasteiger partial charge on any atom is -0.480 e. The maximum atomic E-state index is 12.6. The molecule has 1 aliphatic heterocycles. The van der Waals surface area contributed by atoms with Crippen LogP contribution >= 0.6 is 22.6 Å². The Balaban J connectivity index is 2.30. The molecule has 1 heterocycles. The standard InChI is InChI=1S/C15H22INO3/c1-10-8-13-12(9-11(10)16)17(6-5-7-19-4)14(18)15(2,3)20-13/h9-10H,5-8H2,1-4H3. The van der Waals surface area contributed by atoms with E-state index in [9.17, 15) is 4.79 Å². The van der Waals surface area contributed by atoms with Gasteiger partial charge in [0, 0.05) is 26.7 Å². The van der Waals surface area contributed by atoms with E-state index >= 15 is 0 Å². The Bertz CT molecular complexity index is 468. The van der Waals surface area contributed by atoms with Gasteiger partial charge in [-0.05, 0) is 58.4 Å². The molecule has 1 aliphatic carbocycles. The fourth-order valence-corrected chi connectivity index (χ4v) is 3.05. The first-order valence-electron chi connectivity index (χ1n) is 6.97. The van der Waals surface area contributed by atoms with Gasteiger partial charge in [-0.15, -0.1) is 0 Å². The van der Waals surface area contributed by atoms with Crippen molar-refractivity contribution in [2.75, 3.05) is 20.3 Å². The number of carbonyl (C=O) groups is 1. The fourth-order valence-electron chi connectivity index (χ4n) is 2.53. The van der Waals surface area contributed by atoms with Crippen molar-refractivity contribution >= 4 is 28.5 Å². The number of hydrogen-bond donors (Lipinski definition) is 0. The van der Waals surface area contributed by atoms with Gasteiger partial charge in [0.25, 0.3) is 5.91 Å². The summed E-state index contributed by atoms with van der Waals surface area (Å²) >= 11 is 2.35. The monoisotopic (exact) mass is 391 g/mol. The highest BCUT2D eigenvalue weighted by Gasteiger charge is 2.42. The summed E-state index contributed by atoms with van der Waals surface area (Å²) in [5, 5.41) is 0. The number of ether oxygens (including phenoxy) is 2. The van der Waals surface area contributed by atoms with E-state index in [2.05, 4.69) is 35.6 Å². The molecule has 0 saturated heterocycles. The minimum absolute atomic E-state index is 0.0300. The van der Waals surface area contributed by atoms with Crippen molar-refractivity contribution in [3.8, 4) is 0 Å². The van der Waals surface area contributed by atoms with Crippen molar-refractivity contribution < 1.29 is 14.3 Å². The molecule has 5 heteroatoms. The molecule has 0 N–H and O–H groups in total. The summed E-state index contributed by atoms with van der Waals surface area (Å²) < 4.78 is 12.3. The summed E-state index contributed by atoms with van der Waals surface area (Å²) in [6.07, 6.45) is 3.78. The lowest BCUT2D eigenvalue weighted by molar-refractivity contribution is -0.153. The summed E-state index contributed by atoms with van der Waals surface area (Å²) in [5.74, 6) is 1.43. The van der Waals surface area contributed by atoms with Gasteiger partial charge in [0.1, 0.15) is 5.76 Å². The molecule has 20 heavy (non-hydrogen) atoms. The lowest BCUT2D eigenvalue weighted by Crippen LogP contribution is -2.51. The van der Waals surface area contributed by atoms with Gasteiger partial charge in [-0.25, -0.2) is 0 Å². The molecule has 0 bridgehead atoms. The number of amides is 1. The average molecular weight is 391 g/mol. The highest BCUT2D eigenvalue weighted by Crippen LogP contribution is 2.40. The average Bonchev–Trinajstić information content (AvgIpc) is 2.37. The molecular formula is C15H22INO3. The van der Waals surface area contributed by atoms with Gasteiger partial charge in [-0.2, -0.15) is 0 Å². The molecule has 1 atom stereocenters. The van der Waals surface area contributed by atoms with E-state index in [1.165, 1.54) is 3.58 Å². The van der Waals surface area contributed by atoms with E-state index in [-0.39, 0.29) is 5.91 Å². The van der Waals surface area contributed by atoms with Gasteiger partial charge < -0.3 is 14.4 Å². The van der Waals surface area contributed by atoms with Gasteiger partial charge >= 0.3 is 0 Å². The van der Waals surface area contributed by atoms with E-state index in [1.807, 2.05) is 18.7 Å². The number of allylic oxidation sites excluding steroid dienone is 3. The fraction of sp³-hybridized carbons (Fsp3) is 0.667. The molecule has 0 spiro atoms. The van der Waals surface area contributed by atoms with Gasteiger partial charge in [-0.1, -0.05) is 6.92 Å². The zero-order valence-electron chi connectivity index (χ0n) is 12.5. The maximum Gasteiger partial charge on any atom is 0.270 e. The second-order valence-electron chi connectivity index (χ2n) is 5.86. The third-order valence-electron chi connectivity index (χ3n) is 3.68. The number of nitrogens with zero attached hydrogens (tertiary/aromatic N) is 1. The third-order valence-corrected chi connectivity index (χ3v) is 5.06. The van der Waals surface area contributed by atoms with Crippen molar-refractivity contribution in [1.82, 2.24) is 4.90 Å². The smallest absolute Gasteiger partial charge is 0.270 e. The molecule has 1 unspecified atom stereocenters. The summed E-state index contributed by atoms with van der Waals surface area (Å²) in [6.45, 7) is 7.20. The summed E-state index contributed by atoms with van der Waals surface area (Å²) in [7, 11) is 1.68. The third kappa shape index (κ3) is 3.03. The zero-order valence-corrected chi connectivity index (χ0v) is 14.7. The van der Waals surface area contributed by atoms with Crippen LogP contribution in [0.25, 0.3) is 0 Å². The second kappa shape index (κ2) is 6.05. The number of hydrogen-bond acceptors (Lipinski definition) is 3. The Hall–Kier alpha value is -0.560. The van der Waals surface area contributed by atoms with Crippen LogP contribution in [0.4, 0.5) is 0 Å². The maximum absolute atomic E-state index is 12.6. The van der Waals surface area contributed by atoms with E-state index in [0.29, 0.717) is 19.1 Å². The molecule has 2 aliphatic rings. The van der Waals surface area contributed by atoms with Crippen LogP contribution in [-0.2, 0) is 14.3 Å². The van der Waals surface area contributed by atoms with E-state index in [0.717, 1.165) is 24.3 Å². The van der Waals surface area contributed by atoms with Crippen molar-refractivity contribution in [3.63, 3.8) is 0 Å². The van der Waals surface area contributed by atoms with Crippen molar-refractivity contribution in [2.45, 2.75) is 39.2 Å². The van der Waals surface area contributed by atoms with Crippen LogP contribution in [0.3, 0.4) is 0 Å². The first-order valence-corrected chi connectivity index (χ1v) is 8.05. The van der Waals surface area contributed by atoms with E-state index < -0.39 is 5.60 Å². The number of carbonyl (C=O) groups excluding carboxylic acids is 1. The van der Waals surface area contributed by atoms with Crippen LogP contribution in [-0.4, -0.2) is 36.7 Å². The molecule has 0 aromatic carbocycles. The van der Waals surface area contributed by atoms with E-state index in [1.54, 1.807) is 7.11 Å². The molecular weight excluding hydrogens is 369 g/mol. The molecule has 0 radical (unpaired) electrons. The lowest BCUT2D eigenvalue weighted by atomic mass is 9.95. The van der Waals surface area contributed by atoms with Crippen LogP contribution < -0.4 is 0 Å². The Morgan fingerprint density at radius 1 is 1.55 bits per heavy atom. The predicted octanol–water partition coefficient (Wildman–Crippen LogP) is 3.23. The first-order chi connectivity index (χ1) is 9.36.